The van der Waals surface area contributed by atoms with Crippen LogP contribution < -0.4 is 0 Å². The highest BCUT2D eigenvalue weighted by Gasteiger charge is 2.07. The maximum Gasteiger partial charge on any atom is 0.0708 e. The van der Waals surface area contributed by atoms with E-state index < -0.39 is 0 Å². The third kappa shape index (κ3) is 2.09. The lowest BCUT2D eigenvalue weighted by molar-refractivity contribution is 0.170. The van der Waals surface area contributed by atoms with Crippen molar-refractivity contribution in [2.75, 3.05) is 0 Å². The number of aliphatic hydroxyl groups excluding tert-OH is 1. The van der Waals surface area contributed by atoms with Gasteiger partial charge in [0.15, 0.2) is 0 Å². The fourth-order valence-corrected chi connectivity index (χ4v) is 1.86. The highest BCUT2D eigenvalue weighted by atomic mass is 16.3. The van der Waals surface area contributed by atoms with E-state index in [0.717, 1.165) is 10.9 Å². The molecule has 0 radical (unpaired) electrons. The maximum absolute atomic E-state index is 9.37. The first-order chi connectivity index (χ1) is 7.58. The molecule has 0 fully saturated rings. The summed E-state index contributed by atoms with van der Waals surface area (Å²) in [4.78, 5) is 0. The van der Waals surface area contributed by atoms with Crippen molar-refractivity contribution < 1.29 is 5.11 Å². The second-order valence-electron chi connectivity index (χ2n) is 4.65. The topological polar surface area (TPSA) is 38.0 Å². The lowest BCUT2D eigenvalue weighted by atomic mass is 10.0. The molecule has 3 heteroatoms. The molecule has 0 saturated heterocycles. The van der Waals surface area contributed by atoms with Gasteiger partial charge in [-0.15, -0.1) is 0 Å². The van der Waals surface area contributed by atoms with Gasteiger partial charge in [-0.1, -0.05) is 19.9 Å². The van der Waals surface area contributed by atoms with Crippen molar-refractivity contribution in [3.8, 4) is 0 Å². The van der Waals surface area contributed by atoms with Crippen LogP contribution in [0.4, 0.5) is 0 Å². The molecule has 16 heavy (non-hydrogen) atoms. The molecule has 1 aromatic heterocycles. The number of hydrogen-bond acceptors (Lipinski definition) is 2. The van der Waals surface area contributed by atoms with Crippen LogP contribution in [0, 0.1) is 0 Å². The third-order valence-electron chi connectivity index (χ3n) is 2.77. The zero-order chi connectivity index (χ0) is 11.7. The lowest BCUT2D eigenvalue weighted by Crippen LogP contribution is -2.12. The molecule has 1 heterocycles. The van der Waals surface area contributed by atoms with E-state index in [1.807, 2.05) is 10.9 Å². The largest absolute Gasteiger partial charge is 0.391 e. The Kier molecular flexibility index (Phi) is 2.97. The fraction of sp³-hybridized carbons (Fsp3) is 0.462. The Balaban J connectivity index is 2.42. The molecular formula is C13H18N2O. The fourth-order valence-electron chi connectivity index (χ4n) is 1.86. The molecular weight excluding hydrogens is 200 g/mol. The monoisotopic (exact) mass is 218 g/mol. The predicted octanol–water partition coefficient (Wildman–Crippen LogP) is 2.54. The summed E-state index contributed by atoms with van der Waals surface area (Å²) in [5.41, 5.74) is 2.41. The highest BCUT2D eigenvalue weighted by molar-refractivity contribution is 5.79. The van der Waals surface area contributed by atoms with Gasteiger partial charge >= 0.3 is 0 Å². The zero-order valence-corrected chi connectivity index (χ0v) is 10.0. The molecule has 0 bridgehead atoms. The normalized spacial score (nSPS) is 13.6. The molecule has 1 atom stereocenters. The Morgan fingerprint density at radius 2 is 2.06 bits per heavy atom. The van der Waals surface area contributed by atoms with Gasteiger partial charge in [-0.25, -0.2) is 0 Å². The van der Waals surface area contributed by atoms with Crippen LogP contribution in [0.3, 0.4) is 0 Å². The smallest absolute Gasteiger partial charge is 0.0708 e. The predicted molar refractivity (Wildman–Crippen MR) is 65.5 cm³/mol. The molecule has 0 spiro atoms. The number of hydrogen-bond donors (Lipinski definition) is 1. The van der Waals surface area contributed by atoms with Gasteiger partial charge < -0.3 is 5.11 Å². The van der Waals surface area contributed by atoms with Crippen LogP contribution >= 0.6 is 0 Å². The average Bonchev–Trinajstić information content (AvgIpc) is 2.60. The van der Waals surface area contributed by atoms with Gasteiger partial charge in [-0.3, -0.25) is 4.68 Å². The van der Waals surface area contributed by atoms with Crippen molar-refractivity contribution in [3.63, 3.8) is 0 Å². The number of benzene rings is 1. The molecule has 0 saturated carbocycles. The van der Waals surface area contributed by atoms with Crippen LogP contribution in [0.25, 0.3) is 10.9 Å². The van der Waals surface area contributed by atoms with E-state index in [1.54, 1.807) is 6.92 Å². The van der Waals surface area contributed by atoms with Gasteiger partial charge in [0, 0.05) is 5.39 Å². The van der Waals surface area contributed by atoms with Crippen molar-refractivity contribution in [3.05, 3.63) is 30.0 Å². The first-order valence-electron chi connectivity index (χ1n) is 5.71. The molecule has 3 nitrogen and oxygen atoms in total. The average molecular weight is 218 g/mol. The second-order valence-corrected chi connectivity index (χ2v) is 4.65. The molecule has 2 rings (SSSR count). The molecule has 1 aromatic carbocycles. The molecule has 0 aliphatic heterocycles. The standard InChI is InChI=1S/C13H18N2O/c1-9(2)11-4-5-13-12(6-11)7-14-15(13)8-10(3)16/h4-7,9-10,16H,8H2,1-3H3/t10-/m0/s1. The first-order valence-corrected chi connectivity index (χ1v) is 5.71. The number of aromatic nitrogens is 2. The van der Waals surface area contributed by atoms with Crippen LogP contribution in [0.15, 0.2) is 24.4 Å². The maximum atomic E-state index is 9.37. The summed E-state index contributed by atoms with van der Waals surface area (Å²) < 4.78 is 1.85. The van der Waals surface area contributed by atoms with Crippen molar-refractivity contribution in [1.29, 1.82) is 0 Å². The Hall–Kier alpha value is -1.35. The molecule has 1 N–H and O–H groups in total. The number of fused-ring (bicyclic) bond motifs is 1. The van der Waals surface area contributed by atoms with E-state index in [4.69, 9.17) is 0 Å². The van der Waals surface area contributed by atoms with Gasteiger partial charge in [0.25, 0.3) is 0 Å². The van der Waals surface area contributed by atoms with Crippen molar-refractivity contribution in [1.82, 2.24) is 9.78 Å². The van der Waals surface area contributed by atoms with Gasteiger partial charge in [0.05, 0.1) is 24.4 Å². The molecule has 0 unspecified atom stereocenters. The lowest BCUT2D eigenvalue weighted by Gasteiger charge is -2.07. The minimum Gasteiger partial charge on any atom is -0.391 e. The number of rotatable bonds is 3. The molecule has 2 aromatic rings. The molecule has 0 aliphatic carbocycles. The van der Waals surface area contributed by atoms with E-state index >= 15 is 0 Å². The summed E-state index contributed by atoms with van der Waals surface area (Å²) in [6, 6.07) is 6.39. The Labute approximate surface area is 95.7 Å². The summed E-state index contributed by atoms with van der Waals surface area (Å²) in [5, 5.41) is 14.8. The van der Waals surface area contributed by atoms with Gasteiger partial charge in [-0.2, -0.15) is 5.10 Å². The summed E-state index contributed by atoms with van der Waals surface area (Å²) in [6.07, 6.45) is 1.50. The Morgan fingerprint density at radius 1 is 1.31 bits per heavy atom. The first kappa shape index (κ1) is 11.1. The van der Waals surface area contributed by atoms with E-state index in [9.17, 15) is 5.11 Å². The van der Waals surface area contributed by atoms with Crippen LogP contribution in [-0.4, -0.2) is 21.0 Å². The SMILES string of the molecule is CC(C)c1ccc2c(cnn2C[C@H](C)O)c1. The highest BCUT2D eigenvalue weighted by Crippen LogP contribution is 2.21. The van der Waals surface area contributed by atoms with Crippen molar-refractivity contribution >= 4 is 10.9 Å². The van der Waals surface area contributed by atoms with Gasteiger partial charge in [0.2, 0.25) is 0 Å². The van der Waals surface area contributed by atoms with Crippen molar-refractivity contribution in [2.24, 2.45) is 0 Å². The summed E-state index contributed by atoms with van der Waals surface area (Å²) in [5.74, 6) is 0.532. The molecule has 0 amide bonds. The second kappa shape index (κ2) is 4.26. The Bertz CT molecular complexity index is 486. The van der Waals surface area contributed by atoms with Gasteiger partial charge in [0.1, 0.15) is 0 Å². The summed E-state index contributed by atoms with van der Waals surface area (Å²) in [6.45, 7) is 6.68. The molecule has 86 valence electrons. The van der Waals surface area contributed by atoms with Crippen LogP contribution in [-0.2, 0) is 6.54 Å². The van der Waals surface area contributed by atoms with Crippen LogP contribution in [0.2, 0.25) is 0 Å². The molecule has 0 aliphatic rings. The van der Waals surface area contributed by atoms with Crippen LogP contribution in [0.1, 0.15) is 32.3 Å². The number of nitrogens with zero attached hydrogens (tertiary/aromatic N) is 2. The van der Waals surface area contributed by atoms with E-state index in [2.05, 4.69) is 37.1 Å². The summed E-state index contributed by atoms with van der Waals surface area (Å²) in [7, 11) is 0. The van der Waals surface area contributed by atoms with Crippen LogP contribution in [0.5, 0.6) is 0 Å². The van der Waals surface area contributed by atoms with E-state index in [0.29, 0.717) is 12.5 Å². The van der Waals surface area contributed by atoms with E-state index in [1.165, 1.54) is 5.56 Å². The van der Waals surface area contributed by atoms with Crippen molar-refractivity contribution in [2.45, 2.75) is 39.3 Å². The quantitative estimate of drug-likeness (QED) is 0.859. The Morgan fingerprint density at radius 3 is 2.69 bits per heavy atom. The number of aliphatic hydroxyl groups is 1. The minimum atomic E-state index is -0.368. The van der Waals surface area contributed by atoms with E-state index in [-0.39, 0.29) is 6.10 Å². The zero-order valence-electron chi connectivity index (χ0n) is 10.0. The summed E-state index contributed by atoms with van der Waals surface area (Å²) >= 11 is 0. The third-order valence-corrected chi connectivity index (χ3v) is 2.77. The minimum absolute atomic E-state index is 0.368. The van der Waals surface area contributed by atoms with Gasteiger partial charge in [-0.05, 0) is 30.5 Å².